The molecule has 1 aliphatic heterocycles. The summed E-state index contributed by atoms with van der Waals surface area (Å²) < 4.78 is 0. The Morgan fingerprint density at radius 2 is 1.79 bits per heavy atom. The Balaban J connectivity index is 2.99. The summed E-state index contributed by atoms with van der Waals surface area (Å²) in [5.41, 5.74) is -1.45. The van der Waals surface area contributed by atoms with E-state index in [1.54, 1.807) is 0 Å². The van der Waals surface area contributed by atoms with Gasteiger partial charge in [0.2, 0.25) is 11.8 Å². The van der Waals surface area contributed by atoms with Crippen molar-refractivity contribution < 1.29 is 19.5 Å². The molecule has 78 valence electrons. The average Bonchev–Trinajstić information content (AvgIpc) is 2.02. The third-order valence-corrected chi connectivity index (χ3v) is 2.93. The minimum Gasteiger partial charge on any atom is -0.480 e. The number of amides is 2. The van der Waals surface area contributed by atoms with Crippen molar-refractivity contribution in [1.82, 2.24) is 4.90 Å². The lowest BCUT2D eigenvalue weighted by molar-refractivity contribution is -0.162. The van der Waals surface area contributed by atoms with Crippen LogP contribution >= 0.6 is 11.8 Å². The fourth-order valence-electron chi connectivity index (χ4n) is 1.21. The van der Waals surface area contributed by atoms with Gasteiger partial charge < -0.3 is 5.11 Å². The molecule has 1 heterocycles. The van der Waals surface area contributed by atoms with Crippen LogP contribution in [-0.2, 0) is 14.4 Å². The molecule has 1 fully saturated rings. The van der Waals surface area contributed by atoms with E-state index in [4.69, 9.17) is 5.11 Å². The summed E-state index contributed by atoms with van der Waals surface area (Å²) in [6, 6.07) is 0. The zero-order chi connectivity index (χ0) is 10.9. The van der Waals surface area contributed by atoms with E-state index in [2.05, 4.69) is 0 Å². The van der Waals surface area contributed by atoms with Crippen LogP contribution in [-0.4, -0.2) is 44.8 Å². The minimum atomic E-state index is -1.45. The molecule has 14 heavy (non-hydrogen) atoms. The Kier molecular flexibility index (Phi) is 2.84. The van der Waals surface area contributed by atoms with Crippen molar-refractivity contribution >= 4 is 29.5 Å². The van der Waals surface area contributed by atoms with Gasteiger partial charge >= 0.3 is 5.97 Å². The van der Waals surface area contributed by atoms with Crippen LogP contribution in [0.2, 0.25) is 0 Å². The molecular weight excluding hydrogens is 206 g/mol. The van der Waals surface area contributed by atoms with Crippen LogP contribution in [0.15, 0.2) is 0 Å². The first-order valence-corrected chi connectivity index (χ1v) is 5.20. The maximum absolute atomic E-state index is 11.4. The molecule has 5 nitrogen and oxygen atoms in total. The Hall–Kier alpha value is -1.04. The van der Waals surface area contributed by atoms with Crippen molar-refractivity contribution in [3.8, 4) is 0 Å². The highest BCUT2D eigenvalue weighted by atomic mass is 32.2. The Morgan fingerprint density at radius 1 is 1.36 bits per heavy atom. The molecule has 0 aromatic rings. The standard InChI is InChI=1S/C8H11NO4S/c1-8(2,7(12)13)9-5(10)3-14-4-6(9)11/h3-4H2,1-2H3,(H,12,13). The maximum atomic E-state index is 11.4. The zero-order valence-corrected chi connectivity index (χ0v) is 8.76. The summed E-state index contributed by atoms with van der Waals surface area (Å²) in [5.74, 6) is -1.70. The lowest BCUT2D eigenvalue weighted by Crippen LogP contribution is -2.58. The Morgan fingerprint density at radius 3 is 2.14 bits per heavy atom. The van der Waals surface area contributed by atoms with Crippen molar-refractivity contribution in [2.45, 2.75) is 19.4 Å². The van der Waals surface area contributed by atoms with Gasteiger partial charge in [-0.2, -0.15) is 0 Å². The number of carbonyl (C=O) groups is 3. The number of carbonyl (C=O) groups excluding carboxylic acids is 2. The number of hydrogen-bond donors (Lipinski definition) is 1. The van der Waals surface area contributed by atoms with Crippen LogP contribution in [0.5, 0.6) is 0 Å². The summed E-state index contributed by atoms with van der Waals surface area (Å²) >= 11 is 1.21. The lowest BCUT2D eigenvalue weighted by atomic mass is 10.0. The van der Waals surface area contributed by atoms with E-state index in [0.29, 0.717) is 0 Å². The number of carboxylic acids is 1. The molecule has 1 rings (SSSR count). The average molecular weight is 217 g/mol. The van der Waals surface area contributed by atoms with Gasteiger partial charge in [-0.05, 0) is 13.8 Å². The molecule has 0 aliphatic carbocycles. The maximum Gasteiger partial charge on any atom is 0.329 e. The van der Waals surface area contributed by atoms with Gasteiger partial charge in [-0.1, -0.05) is 0 Å². The summed E-state index contributed by atoms with van der Waals surface area (Å²) in [6.45, 7) is 2.70. The first-order chi connectivity index (χ1) is 6.37. The van der Waals surface area contributed by atoms with Gasteiger partial charge in [-0.15, -0.1) is 11.8 Å². The molecule has 0 radical (unpaired) electrons. The van der Waals surface area contributed by atoms with Gasteiger partial charge in [0.05, 0.1) is 11.5 Å². The van der Waals surface area contributed by atoms with E-state index < -0.39 is 23.3 Å². The van der Waals surface area contributed by atoms with Gasteiger partial charge in [0.15, 0.2) is 0 Å². The van der Waals surface area contributed by atoms with Crippen LogP contribution in [0.4, 0.5) is 0 Å². The normalized spacial score (nSPS) is 18.6. The molecule has 0 saturated carbocycles. The molecular formula is C8H11NO4S. The van der Waals surface area contributed by atoms with Crippen LogP contribution < -0.4 is 0 Å². The lowest BCUT2D eigenvalue weighted by Gasteiger charge is -2.35. The first-order valence-electron chi connectivity index (χ1n) is 4.04. The van der Waals surface area contributed by atoms with E-state index in [-0.39, 0.29) is 11.5 Å². The third kappa shape index (κ3) is 1.75. The molecule has 0 aromatic heterocycles. The predicted molar refractivity (Wildman–Crippen MR) is 50.9 cm³/mol. The molecule has 0 atom stereocenters. The van der Waals surface area contributed by atoms with Gasteiger partial charge in [0, 0.05) is 0 Å². The number of rotatable bonds is 2. The van der Waals surface area contributed by atoms with Gasteiger partial charge in [0.25, 0.3) is 0 Å². The number of hydrogen-bond acceptors (Lipinski definition) is 4. The SMILES string of the molecule is CC(C)(C(=O)O)N1C(=O)CSCC1=O. The smallest absolute Gasteiger partial charge is 0.329 e. The monoisotopic (exact) mass is 217 g/mol. The van der Waals surface area contributed by atoms with Gasteiger partial charge in [0.1, 0.15) is 5.54 Å². The molecule has 2 amide bonds. The van der Waals surface area contributed by atoms with Crippen LogP contribution in [0, 0.1) is 0 Å². The fourth-order valence-corrected chi connectivity index (χ4v) is 1.92. The number of imide groups is 1. The van der Waals surface area contributed by atoms with E-state index in [0.717, 1.165) is 4.90 Å². The van der Waals surface area contributed by atoms with Gasteiger partial charge in [-0.25, -0.2) is 4.79 Å². The summed E-state index contributed by atoms with van der Waals surface area (Å²) in [5, 5.41) is 8.88. The second kappa shape index (κ2) is 3.61. The molecule has 1 saturated heterocycles. The predicted octanol–water partition coefficient (Wildman–Crippen LogP) is -0.0484. The second-order valence-corrected chi connectivity index (χ2v) is 4.47. The topological polar surface area (TPSA) is 74.7 Å². The van der Waals surface area contributed by atoms with Crippen molar-refractivity contribution in [3.05, 3.63) is 0 Å². The second-order valence-electron chi connectivity index (χ2n) is 3.48. The van der Waals surface area contributed by atoms with E-state index in [1.165, 1.54) is 25.6 Å². The number of carboxylic acid groups (broad SMARTS) is 1. The van der Waals surface area contributed by atoms with Crippen LogP contribution in [0.3, 0.4) is 0 Å². The number of thioether (sulfide) groups is 1. The Labute approximate surface area is 85.4 Å². The summed E-state index contributed by atoms with van der Waals surface area (Å²) in [4.78, 5) is 34.5. The molecule has 0 spiro atoms. The summed E-state index contributed by atoms with van der Waals surface area (Å²) in [7, 11) is 0. The number of aliphatic carboxylic acids is 1. The van der Waals surface area contributed by atoms with Gasteiger partial charge in [-0.3, -0.25) is 14.5 Å². The molecule has 0 bridgehead atoms. The molecule has 0 unspecified atom stereocenters. The van der Waals surface area contributed by atoms with E-state index in [9.17, 15) is 14.4 Å². The first kappa shape index (κ1) is 11.0. The van der Waals surface area contributed by atoms with Crippen LogP contribution in [0.1, 0.15) is 13.8 Å². The highest BCUT2D eigenvalue weighted by molar-refractivity contribution is 8.00. The highest BCUT2D eigenvalue weighted by Crippen LogP contribution is 2.22. The van der Waals surface area contributed by atoms with Crippen molar-refractivity contribution in [3.63, 3.8) is 0 Å². The van der Waals surface area contributed by atoms with E-state index >= 15 is 0 Å². The van der Waals surface area contributed by atoms with E-state index in [1.807, 2.05) is 0 Å². The Bertz CT molecular complexity index is 284. The minimum absolute atomic E-state index is 0.169. The largest absolute Gasteiger partial charge is 0.480 e. The third-order valence-electron chi connectivity index (χ3n) is 2.03. The molecule has 1 aliphatic rings. The van der Waals surface area contributed by atoms with Crippen molar-refractivity contribution in [2.24, 2.45) is 0 Å². The molecule has 0 aromatic carbocycles. The van der Waals surface area contributed by atoms with Crippen LogP contribution in [0.25, 0.3) is 0 Å². The molecule has 6 heteroatoms. The summed E-state index contributed by atoms with van der Waals surface area (Å²) in [6.07, 6.45) is 0. The number of nitrogens with zero attached hydrogens (tertiary/aromatic N) is 1. The zero-order valence-electron chi connectivity index (χ0n) is 7.94. The fraction of sp³-hybridized carbons (Fsp3) is 0.625. The quantitative estimate of drug-likeness (QED) is 0.656. The molecule has 1 N–H and O–H groups in total. The van der Waals surface area contributed by atoms with Crippen molar-refractivity contribution in [2.75, 3.05) is 11.5 Å². The van der Waals surface area contributed by atoms with Crippen molar-refractivity contribution in [1.29, 1.82) is 0 Å². The highest BCUT2D eigenvalue weighted by Gasteiger charge is 2.43.